The van der Waals surface area contributed by atoms with Crippen molar-refractivity contribution in [2.45, 2.75) is 39.8 Å². The van der Waals surface area contributed by atoms with Gasteiger partial charge in [-0.15, -0.1) is 0 Å². The highest BCUT2D eigenvalue weighted by Gasteiger charge is 2.17. The minimum absolute atomic E-state index is 0.331. The van der Waals surface area contributed by atoms with Gasteiger partial charge in [0.25, 0.3) is 0 Å². The van der Waals surface area contributed by atoms with Crippen LogP contribution in [0.1, 0.15) is 31.0 Å². The summed E-state index contributed by atoms with van der Waals surface area (Å²) in [6, 6.07) is 2.03. The summed E-state index contributed by atoms with van der Waals surface area (Å²) < 4.78 is 2.01. The number of hydrogen-bond acceptors (Lipinski definition) is 6. The molecule has 1 saturated heterocycles. The van der Waals surface area contributed by atoms with Crippen LogP contribution < -0.4 is 15.5 Å². The summed E-state index contributed by atoms with van der Waals surface area (Å²) in [5.74, 6) is 2.11. The molecular formula is C16H25N7. The fraction of sp³-hybridized carbons (Fsp3) is 0.562. The average Bonchev–Trinajstić information content (AvgIpc) is 3.17. The maximum Gasteiger partial charge on any atom is 0.223 e. The number of nitrogens with two attached hydrogens (primary N) is 1. The molecule has 7 nitrogen and oxygen atoms in total. The molecule has 3 heterocycles. The van der Waals surface area contributed by atoms with E-state index >= 15 is 0 Å². The van der Waals surface area contributed by atoms with E-state index in [0.717, 1.165) is 37.8 Å². The Bertz CT molecular complexity index is 673. The molecule has 1 aliphatic heterocycles. The molecule has 3 rings (SSSR count). The minimum Gasteiger partial charge on any atom is -0.368 e. The molecule has 1 fully saturated rings. The van der Waals surface area contributed by atoms with Gasteiger partial charge in [0.15, 0.2) is 0 Å². The van der Waals surface area contributed by atoms with Gasteiger partial charge in [-0.2, -0.15) is 15.1 Å². The molecule has 0 aromatic carbocycles. The van der Waals surface area contributed by atoms with Gasteiger partial charge in [-0.1, -0.05) is 0 Å². The first kappa shape index (κ1) is 15.6. The molecule has 2 N–H and O–H groups in total. The zero-order chi connectivity index (χ0) is 16.4. The third-order valence-electron chi connectivity index (χ3n) is 4.45. The molecule has 0 atom stereocenters. The molecular weight excluding hydrogens is 290 g/mol. The normalized spacial score (nSPS) is 14.5. The number of hydrogen-bond donors (Lipinski definition) is 1. The Morgan fingerprint density at radius 1 is 1.26 bits per heavy atom. The van der Waals surface area contributed by atoms with Crippen LogP contribution >= 0.6 is 0 Å². The molecule has 0 spiro atoms. The van der Waals surface area contributed by atoms with Crippen molar-refractivity contribution in [1.82, 2.24) is 19.7 Å². The second-order valence-corrected chi connectivity index (χ2v) is 6.06. The zero-order valence-electron chi connectivity index (χ0n) is 14.2. The number of anilines is 3. The SMILES string of the molecule is CCn1ncc(CN(C)c2cc(N3CCCC3)nc(N)n2)c1C. The third kappa shape index (κ3) is 3.23. The van der Waals surface area contributed by atoms with E-state index in [-0.39, 0.29) is 0 Å². The summed E-state index contributed by atoms with van der Waals surface area (Å²) in [5.41, 5.74) is 8.32. The highest BCUT2D eigenvalue weighted by molar-refractivity contribution is 5.54. The van der Waals surface area contributed by atoms with Gasteiger partial charge in [0, 0.05) is 50.6 Å². The molecule has 0 amide bonds. The quantitative estimate of drug-likeness (QED) is 0.907. The van der Waals surface area contributed by atoms with Crippen molar-refractivity contribution in [2.24, 2.45) is 0 Å². The van der Waals surface area contributed by atoms with Crippen LogP contribution in [-0.4, -0.2) is 39.9 Å². The van der Waals surface area contributed by atoms with Gasteiger partial charge < -0.3 is 15.5 Å². The average molecular weight is 315 g/mol. The summed E-state index contributed by atoms with van der Waals surface area (Å²) in [4.78, 5) is 13.2. The summed E-state index contributed by atoms with van der Waals surface area (Å²) in [7, 11) is 2.03. The van der Waals surface area contributed by atoms with Crippen molar-refractivity contribution in [2.75, 3.05) is 35.7 Å². The Labute approximate surface area is 137 Å². The summed E-state index contributed by atoms with van der Waals surface area (Å²) in [6.45, 7) is 7.92. The number of nitrogens with zero attached hydrogens (tertiary/aromatic N) is 6. The van der Waals surface area contributed by atoms with Crippen LogP contribution in [0.25, 0.3) is 0 Å². The molecule has 2 aromatic rings. The Morgan fingerprint density at radius 3 is 2.65 bits per heavy atom. The second kappa shape index (κ2) is 6.44. The summed E-state index contributed by atoms with van der Waals surface area (Å²) >= 11 is 0. The highest BCUT2D eigenvalue weighted by Crippen LogP contribution is 2.24. The van der Waals surface area contributed by atoms with Crippen molar-refractivity contribution in [3.05, 3.63) is 23.5 Å². The number of rotatable bonds is 5. The lowest BCUT2D eigenvalue weighted by molar-refractivity contribution is 0.638. The van der Waals surface area contributed by atoms with E-state index in [1.807, 2.05) is 24.0 Å². The number of aryl methyl sites for hydroxylation is 1. The molecule has 0 saturated carbocycles. The summed E-state index contributed by atoms with van der Waals surface area (Å²) in [6.07, 6.45) is 4.36. The van der Waals surface area contributed by atoms with E-state index in [4.69, 9.17) is 5.73 Å². The Kier molecular flexibility index (Phi) is 4.36. The van der Waals surface area contributed by atoms with Crippen molar-refractivity contribution in [1.29, 1.82) is 0 Å². The monoisotopic (exact) mass is 315 g/mol. The topological polar surface area (TPSA) is 76.1 Å². The summed E-state index contributed by atoms with van der Waals surface area (Å²) in [5, 5.41) is 4.40. The molecule has 0 bridgehead atoms. The van der Waals surface area contributed by atoms with E-state index in [2.05, 4.69) is 38.7 Å². The largest absolute Gasteiger partial charge is 0.368 e. The Hall–Kier alpha value is -2.31. The van der Waals surface area contributed by atoms with Gasteiger partial charge in [0.1, 0.15) is 11.6 Å². The van der Waals surface area contributed by atoms with Crippen LogP contribution in [0.5, 0.6) is 0 Å². The van der Waals surface area contributed by atoms with Crippen LogP contribution in [-0.2, 0) is 13.1 Å². The third-order valence-corrected chi connectivity index (χ3v) is 4.45. The fourth-order valence-electron chi connectivity index (χ4n) is 3.04. The smallest absolute Gasteiger partial charge is 0.223 e. The maximum atomic E-state index is 5.92. The highest BCUT2D eigenvalue weighted by atomic mass is 15.3. The number of nitrogen functional groups attached to an aromatic ring is 1. The minimum atomic E-state index is 0.331. The van der Waals surface area contributed by atoms with Gasteiger partial charge in [0.2, 0.25) is 5.95 Å². The lowest BCUT2D eigenvalue weighted by atomic mass is 10.2. The van der Waals surface area contributed by atoms with Crippen LogP contribution in [0.15, 0.2) is 12.3 Å². The van der Waals surface area contributed by atoms with E-state index in [9.17, 15) is 0 Å². The lowest BCUT2D eigenvalue weighted by Gasteiger charge is -2.22. The standard InChI is InChI=1S/C16H25N7/c1-4-23-12(2)13(10-18-23)11-21(3)14-9-15(20-16(17)19-14)22-7-5-6-8-22/h9-10H,4-8,11H2,1-3H3,(H2,17,19,20). The fourth-order valence-corrected chi connectivity index (χ4v) is 3.04. The van der Waals surface area contributed by atoms with Crippen LogP contribution in [0, 0.1) is 6.92 Å². The maximum absolute atomic E-state index is 5.92. The molecule has 2 aromatic heterocycles. The second-order valence-electron chi connectivity index (χ2n) is 6.06. The Balaban J connectivity index is 1.81. The van der Waals surface area contributed by atoms with Gasteiger partial charge >= 0.3 is 0 Å². The van der Waals surface area contributed by atoms with E-state index in [1.165, 1.54) is 24.1 Å². The molecule has 124 valence electrons. The zero-order valence-corrected chi connectivity index (χ0v) is 14.2. The predicted molar refractivity (Wildman–Crippen MR) is 92.6 cm³/mol. The van der Waals surface area contributed by atoms with Gasteiger partial charge in [-0.3, -0.25) is 4.68 Å². The molecule has 7 heteroatoms. The number of aromatic nitrogens is 4. The molecule has 0 unspecified atom stereocenters. The predicted octanol–water partition coefficient (Wildman–Crippen LogP) is 1.82. The van der Waals surface area contributed by atoms with E-state index < -0.39 is 0 Å². The van der Waals surface area contributed by atoms with Crippen molar-refractivity contribution in [3.8, 4) is 0 Å². The van der Waals surface area contributed by atoms with Gasteiger partial charge in [-0.05, 0) is 26.7 Å². The van der Waals surface area contributed by atoms with Gasteiger partial charge in [-0.25, -0.2) is 0 Å². The lowest BCUT2D eigenvalue weighted by Crippen LogP contribution is -2.23. The Morgan fingerprint density at radius 2 is 2.00 bits per heavy atom. The first-order chi connectivity index (χ1) is 11.1. The van der Waals surface area contributed by atoms with Crippen molar-refractivity contribution >= 4 is 17.6 Å². The van der Waals surface area contributed by atoms with Crippen LogP contribution in [0.4, 0.5) is 17.6 Å². The van der Waals surface area contributed by atoms with Crippen LogP contribution in [0.3, 0.4) is 0 Å². The molecule has 0 radical (unpaired) electrons. The van der Waals surface area contributed by atoms with Crippen molar-refractivity contribution < 1.29 is 0 Å². The van der Waals surface area contributed by atoms with Crippen molar-refractivity contribution in [3.63, 3.8) is 0 Å². The van der Waals surface area contributed by atoms with Crippen LogP contribution in [0.2, 0.25) is 0 Å². The van der Waals surface area contributed by atoms with E-state index in [1.54, 1.807) is 0 Å². The first-order valence-corrected chi connectivity index (χ1v) is 8.20. The molecule has 0 aliphatic carbocycles. The first-order valence-electron chi connectivity index (χ1n) is 8.20. The molecule has 23 heavy (non-hydrogen) atoms. The molecule has 1 aliphatic rings. The van der Waals surface area contributed by atoms with E-state index in [0.29, 0.717) is 5.95 Å². The van der Waals surface area contributed by atoms with Gasteiger partial charge in [0.05, 0.1) is 6.20 Å².